The van der Waals surface area contributed by atoms with Crippen molar-refractivity contribution in [2.75, 3.05) is 4.90 Å². The van der Waals surface area contributed by atoms with Crippen LogP contribution in [-0.4, -0.2) is 22.8 Å². The van der Waals surface area contributed by atoms with E-state index in [-0.39, 0.29) is 11.3 Å². The van der Waals surface area contributed by atoms with Gasteiger partial charge in [-0.05, 0) is 44.2 Å². The number of benzene rings is 2. The van der Waals surface area contributed by atoms with Gasteiger partial charge in [0.15, 0.2) is 0 Å². The van der Waals surface area contributed by atoms with Gasteiger partial charge in [0.2, 0.25) is 0 Å². The minimum Gasteiger partial charge on any atom is -0.485 e. The maximum atomic E-state index is 13.2. The Kier molecular flexibility index (Phi) is 4.55. The Morgan fingerprint density at radius 2 is 1.81 bits per heavy atom. The number of hydrogen-bond acceptors (Lipinski definition) is 3. The maximum Gasteiger partial charge on any atom is 0.416 e. The molecule has 1 heterocycles. The largest absolute Gasteiger partial charge is 0.485 e. The molecular formula is C19H19F3N2O3. The first-order valence-electron chi connectivity index (χ1n) is 8.24. The standard InChI is InChI=1S/C19H19F3N2O3/c1-18(2)16(25)15(24(17(23)26)12-6-4-3-5-7-12)13-10-11(19(20,21)22)8-9-14(13)27-18/h3-10,15-16,25H,1-2H3,(H2,23,26). The number of primary amides is 1. The molecule has 0 radical (unpaired) electrons. The second kappa shape index (κ2) is 6.45. The molecule has 1 aliphatic rings. The number of halogens is 3. The van der Waals surface area contributed by atoms with Gasteiger partial charge in [-0.1, -0.05) is 18.2 Å². The van der Waals surface area contributed by atoms with Crippen molar-refractivity contribution in [3.63, 3.8) is 0 Å². The van der Waals surface area contributed by atoms with Crippen molar-refractivity contribution in [2.24, 2.45) is 5.73 Å². The summed E-state index contributed by atoms with van der Waals surface area (Å²) in [6.45, 7) is 3.19. The number of ether oxygens (including phenoxy) is 1. The van der Waals surface area contributed by atoms with E-state index >= 15 is 0 Å². The fourth-order valence-electron chi connectivity index (χ4n) is 3.24. The number of rotatable bonds is 2. The Balaban J connectivity index is 2.22. The molecule has 27 heavy (non-hydrogen) atoms. The van der Waals surface area contributed by atoms with E-state index in [0.717, 1.165) is 17.0 Å². The fourth-order valence-corrected chi connectivity index (χ4v) is 3.24. The van der Waals surface area contributed by atoms with E-state index in [1.54, 1.807) is 44.2 Å². The summed E-state index contributed by atoms with van der Waals surface area (Å²) in [6.07, 6.45) is -5.90. The van der Waals surface area contributed by atoms with Gasteiger partial charge in [0.25, 0.3) is 0 Å². The first kappa shape index (κ1) is 19.0. The molecule has 3 rings (SSSR count). The highest BCUT2D eigenvalue weighted by atomic mass is 19.4. The molecule has 3 N–H and O–H groups in total. The van der Waals surface area contributed by atoms with E-state index in [1.807, 2.05) is 0 Å². The lowest BCUT2D eigenvalue weighted by Crippen LogP contribution is -2.56. The molecule has 2 amide bonds. The quantitative estimate of drug-likeness (QED) is 0.831. The number of alkyl halides is 3. The molecule has 0 saturated carbocycles. The van der Waals surface area contributed by atoms with E-state index in [1.165, 1.54) is 6.07 Å². The second-order valence-corrected chi connectivity index (χ2v) is 6.89. The Morgan fingerprint density at radius 1 is 1.19 bits per heavy atom. The van der Waals surface area contributed by atoms with Crippen LogP contribution in [0.3, 0.4) is 0 Å². The van der Waals surface area contributed by atoms with Crippen LogP contribution in [0.2, 0.25) is 0 Å². The van der Waals surface area contributed by atoms with Crippen LogP contribution in [0.25, 0.3) is 0 Å². The van der Waals surface area contributed by atoms with Crippen molar-refractivity contribution in [1.29, 1.82) is 0 Å². The van der Waals surface area contributed by atoms with E-state index in [0.29, 0.717) is 5.69 Å². The molecular weight excluding hydrogens is 361 g/mol. The van der Waals surface area contributed by atoms with Crippen LogP contribution in [-0.2, 0) is 6.18 Å². The van der Waals surface area contributed by atoms with E-state index in [9.17, 15) is 23.1 Å². The number of anilines is 1. The summed E-state index contributed by atoms with van der Waals surface area (Å²) in [5, 5.41) is 10.9. The molecule has 144 valence electrons. The number of para-hydroxylation sites is 1. The fraction of sp³-hybridized carbons (Fsp3) is 0.316. The number of aliphatic hydroxyl groups is 1. The average Bonchev–Trinajstić information content (AvgIpc) is 2.58. The van der Waals surface area contributed by atoms with Crippen molar-refractivity contribution in [1.82, 2.24) is 0 Å². The highest BCUT2D eigenvalue weighted by Gasteiger charge is 2.47. The lowest BCUT2D eigenvalue weighted by atomic mass is 9.84. The molecule has 2 aromatic carbocycles. The second-order valence-electron chi connectivity index (χ2n) is 6.89. The monoisotopic (exact) mass is 380 g/mol. The zero-order valence-electron chi connectivity index (χ0n) is 14.7. The predicted molar refractivity (Wildman–Crippen MR) is 93.4 cm³/mol. The van der Waals surface area contributed by atoms with Crippen LogP contribution >= 0.6 is 0 Å². The van der Waals surface area contributed by atoms with Crippen LogP contribution in [0.1, 0.15) is 31.0 Å². The molecule has 0 spiro atoms. The number of fused-ring (bicyclic) bond motifs is 1. The van der Waals surface area contributed by atoms with E-state index < -0.39 is 35.5 Å². The van der Waals surface area contributed by atoms with Crippen molar-refractivity contribution in [3.05, 3.63) is 59.7 Å². The molecule has 0 saturated heterocycles. The summed E-state index contributed by atoms with van der Waals surface area (Å²) in [5.74, 6) is 0.158. The molecule has 2 atom stereocenters. The Hall–Kier alpha value is -2.74. The third-order valence-corrected chi connectivity index (χ3v) is 4.59. The van der Waals surface area contributed by atoms with Crippen LogP contribution in [0.5, 0.6) is 5.75 Å². The maximum absolute atomic E-state index is 13.2. The van der Waals surface area contributed by atoms with Gasteiger partial charge in [0.1, 0.15) is 17.5 Å². The Labute approximate surface area is 154 Å². The average molecular weight is 380 g/mol. The first-order valence-corrected chi connectivity index (χ1v) is 8.24. The molecule has 0 aromatic heterocycles. The molecule has 2 aromatic rings. The Bertz CT molecular complexity index is 853. The summed E-state index contributed by atoms with van der Waals surface area (Å²) in [5.41, 5.74) is 3.89. The lowest BCUT2D eigenvalue weighted by molar-refractivity contribution is -0.137. The van der Waals surface area contributed by atoms with Crippen LogP contribution in [0.15, 0.2) is 48.5 Å². The van der Waals surface area contributed by atoms with E-state index in [2.05, 4.69) is 0 Å². The number of aliphatic hydroxyl groups excluding tert-OH is 1. The number of carbonyl (C=O) groups is 1. The number of nitrogens with two attached hydrogens (primary N) is 1. The van der Waals surface area contributed by atoms with Gasteiger partial charge in [-0.3, -0.25) is 4.90 Å². The molecule has 0 bridgehead atoms. The van der Waals surface area contributed by atoms with Crippen LogP contribution in [0.4, 0.5) is 23.7 Å². The highest BCUT2D eigenvalue weighted by molar-refractivity contribution is 5.92. The Morgan fingerprint density at radius 3 is 2.37 bits per heavy atom. The highest BCUT2D eigenvalue weighted by Crippen LogP contribution is 2.46. The van der Waals surface area contributed by atoms with Gasteiger partial charge in [-0.15, -0.1) is 0 Å². The number of nitrogens with zero attached hydrogens (tertiary/aromatic N) is 1. The topological polar surface area (TPSA) is 75.8 Å². The molecule has 8 heteroatoms. The molecule has 0 aliphatic carbocycles. The van der Waals surface area contributed by atoms with Crippen molar-refractivity contribution in [2.45, 2.75) is 37.8 Å². The van der Waals surface area contributed by atoms with Crippen LogP contribution in [0, 0.1) is 0 Å². The summed E-state index contributed by atoms with van der Waals surface area (Å²) in [4.78, 5) is 13.3. The summed E-state index contributed by atoms with van der Waals surface area (Å²) >= 11 is 0. The normalized spacial score (nSPS) is 21.1. The van der Waals surface area contributed by atoms with Crippen molar-refractivity contribution in [3.8, 4) is 5.75 Å². The zero-order chi connectivity index (χ0) is 20.0. The molecule has 0 fully saturated rings. The summed E-state index contributed by atoms with van der Waals surface area (Å²) < 4.78 is 45.3. The third-order valence-electron chi connectivity index (χ3n) is 4.59. The first-order chi connectivity index (χ1) is 12.5. The van der Waals surface area contributed by atoms with E-state index in [4.69, 9.17) is 10.5 Å². The third kappa shape index (κ3) is 3.44. The number of carbonyl (C=O) groups excluding carboxylic acids is 1. The lowest BCUT2D eigenvalue weighted by Gasteiger charge is -2.46. The van der Waals surface area contributed by atoms with Crippen LogP contribution < -0.4 is 15.4 Å². The number of hydrogen-bond donors (Lipinski definition) is 2. The minimum absolute atomic E-state index is 0.0410. The smallest absolute Gasteiger partial charge is 0.416 e. The number of urea groups is 1. The summed E-state index contributed by atoms with van der Waals surface area (Å²) in [6, 6.07) is 9.17. The van der Waals surface area contributed by atoms with Crippen molar-refractivity contribution < 1.29 is 27.8 Å². The molecule has 1 aliphatic heterocycles. The van der Waals surface area contributed by atoms with Gasteiger partial charge in [-0.2, -0.15) is 13.2 Å². The predicted octanol–water partition coefficient (Wildman–Crippen LogP) is 3.86. The SMILES string of the molecule is CC1(C)Oc2ccc(C(F)(F)F)cc2C(N(C(N)=O)c2ccccc2)C1O. The molecule has 5 nitrogen and oxygen atoms in total. The van der Waals surface area contributed by atoms with Gasteiger partial charge >= 0.3 is 12.2 Å². The van der Waals surface area contributed by atoms with Gasteiger partial charge < -0.3 is 15.6 Å². The van der Waals surface area contributed by atoms with Gasteiger partial charge in [-0.25, -0.2) is 4.79 Å². The van der Waals surface area contributed by atoms with Gasteiger partial charge in [0.05, 0.1) is 11.6 Å². The minimum atomic E-state index is -4.58. The number of amides is 2. The van der Waals surface area contributed by atoms with Gasteiger partial charge in [0, 0.05) is 11.3 Å². The molecule has 2 unspecified atom stereocenters. The van der Waals surface area contributed by atoms with Crippen molar-refractivity contribution >= 4 is 11.7 Å². The summed E-state index contributed by atoms with van der Waals surface area (Å²) in [7, 11) is 0. The zero-order valence-corrected chi connectivity index (χ0v) is 14.7.